The summed E-state index contributed by atoms with van der Waals surface area (Å²) in [5.74, 6) is 0. The summed E-state index contributed by atoms with van der Waals surface area (Å²) in [6.45, 7) is 3.42. The van der Waals surface area contributed by atoms with Gasteiger partial charge in [-0.2, -0.15) is 4.31 Å². The van der Waals surface area contributed by atoms with Crippen molar-refractivity contribution in [3.8, 4) is 0 Å². The van der Waals surface area contributed by atoms with Crippen LogP contribution in [0.5, 0.6) is 0 Å². The van der Waals surface area contributed by atoms with Crippen LogP contribution in [0.1, 0.15) is 12.0 Å². The fraction of sp³-hybridized carbons (Fsp3) is 0.412. The van der Waals surface area contributed by atoms with E-state index in [2.05, 4.69) is 10.3 Å². The van der Waals surface area contributed by atoms with Crippen LogP contribution in [0, 0.1) is 6.92 Å². The molecule has 140 valence electrons. The van der Waals surface area contributed by atoms with Crippen molar-refractivity contribution in [1.82, 2.24) is 18.8 Å². The maximum atomic E-state index is 12.7. The average molecular weight is 377 g/mol. The topological polar surface area (TPSA) is 87.5 Å². The molecule has 0 atom stereocenters. The Morgan fingerprint density at radius 1 is 1.19 bits per heavy atom. The van der Waals surface area contributed by atoms with Crippen molar-refractivity contribution in [2.45, 2.75) is 18.4 Å². The first-order chi connectivity index (χ1) is 12.4. The minimum Gasteiger partial charge on any atom is -0.339 e. The molecule has 0 spiro atoms. The van der Waals surface area contributed by atoms with Gasteiger partial charge in [-0.25, -0.2) is 18.2 Å². The number of amides is 2. The Morgan fingerprint density at radius 3 is 2.69 bits per heavy atom. The minimum atomic E-state index is -3.64. The van der Waals surface area contributed by atoms with Crippen molar-refractivity contribution in [2.24, 2.45) is 7.05 Å². The second kappa shape index (κ2) is 7.46. The molecule has 9 heteroatoms. The molecule has 0 aliphatic carbocycles. The Bertz CT molecular complexity index is 893. The fourth-order valence-electron chi connectivity index (χ4n) is 2.92. The van der Waals surface area contributed by atoms with Crippen molar-refractivity contribution in [1.29, 1.82) is 0 Å². The van der Waals surface area contributed by atoms with Crippen molar-refractivity contribution in [3.05, 3.63) is 42.4 Å². The van der Waals surface area contributed by atoms with Gasteiger partial charge < -0.3 is 14.8 Å². The van der Waals surface area contributed by atoms with Gasteiger partial charge in [0.15, 0.2) is 5.03 Å². The summed E-state index contributed by atoms with van der Waals surface area (Å²) in [5.41, 5.74) is 1.79. The van der Waals surface area contributed by atoms with E-state index < -0.39 is 10.0 Å². The lowest BCUT2D eigenvalue weighted by Gasteiger charge is -2.22. The Labute approximate surface area is 153 Å². The van der Waals surface area contributed by atoms with Crippen LogP contribution in [-0.4, -0.2) is 59.4 Å². The highest BCUT2D eigenvalue weighted by Crippen LogP contribution is 2.17. The molecule has 8 nitrogen and oxygen atoms in total. The number of hydrogen-bond acceptors (Lipinski definition) is 4. The molecule has 1 aliphatic heterocycles. The number of nitrogens with one attached hydrogen (secondary N) is 1. The van der Waals surface area contributed by atoms with E-state index in [0.29, 0.717) is 26.1 Å². The molecule has 1 saturated heterocycles. The summed E-state index contributed by atoms with van der Waals surface area (Å²) in [5, 5.41) is 2.91. The van der Waals surface area contributed by atoms with Gasteiger partial charge in [0, 0.05) is 45.1 Å². The second-order valence-corrected chi connectivity index (χ2v) is 8.31. The van der Waals surface area contributed by atoms with Crippen molar-refractivity contribution < 1.29 is 13.2 Å². The van der Waals surface area contributed by atoms with E-state index in [1.807, 2.05) is 31.2 Å². The largest absolute Gasteiger partial charge is 0.339 e. The number of anilines is 1. The summed E-state index contributed by atoms with van der Waals surface area (Å²) < 4.78 is 28.4. The maximum Gasteiger partial charge on any atom is 0.321 e. The van der Waals surface area contributed by atoms with E-state index in [4.69, 9.17) is 0 Å². The Kier molecular flexibility index (Phi) is 5.28. The van der Waals surface area contributed by atoms with Crippen LogP contribution in [0.3, 0.4) is 0 Å². The molecule has 1 aromatic carbocycles. The molecule has 1 aliphatic rings. The lowest BCUT2D eigenvalue weighted by atomic mass is 10.2. The fourth-order valence-corrected chi connectivity index (χ4v) is 4.35. The SMILES string of the molecule is Cc1cccc(NC(=O)N2CCCN(S(=O)(=O)c3cn(C)cn3)CC2)c1. The van der Waals surface area contributed by atoms with Crippen LogP contribution in [0.2, 0.25) is 0 Å². The van der Waals surface area contributed by atoms with Crippen LogP contribution in [0.15, 0.2) is 41.8 Å². The number of imidazole rings is 1. The second-order valence-electron chi connectivity index (χ2n) is 6.42. The van der Waals surface area contributed by atoms with Crippen LogP contribution in [0.25, 0.3) is 0 Å². The third-order valence-corrected chi connectivity index (χ3v) is 6.08. The zero-order valence-corrected chi connectivity index (χ0v) is 15.7. The highest BCUT2D eigenvalue weighted by Gasteiger charge is 2.29. The first-order valence-electron chi connectivity index (χ1n) is 8.47. The number of sulfonamides is 1. The number of hydrogen-bond donors (Lipinski definition) is 1. The monoisotopic (exact) mass is 377 g/mol. The molecule has 0 saturated carbocycles. The Hall–Kier alpha value is -2.39. The third-order valence-electron chi connectivity index (χ3n) is 4.30. The standard InChI is InChI=1S/C17H23N5O3S/c1-14-5-3-6-15(11-14)19-17(23)21-7-4-8-22(10-9-21)26(24,25)16-12-20(2)13-18-16/h3,5-6,11-13H,4,7-10H2,1-2H3,(H,19,23). The lowest BCUT2D eigenvalue weighted by molar-refractivity contribution is 0.214. The van der Waals surface area contributed by atoms with E-state index in [9.17, 15) is 13.2 Å². The van der Waals surface area contributed by atoms with Crippen molar-refractivity contribution in [3.63, 3.8) is 0 Å². The summed E-state index contributed by atoms with van der Waals surface area (Å²) in [7, 11) is -1.91. The van der Waals surface area contributed by atoms with Gasteiger partial charge in [0.05, 0.1) is 6.33 Å². The smallest absolute Gasteiger partial charge is 0.321 e. The molecule has 2 amide bonds. The molecular weight excluding hydrogens is 354 g/mol. The molecule has 3 rings (SSSR count). The quantitative estimate of drug-likeness (QED) is 0.881. The van der Waals surface area contributed by atoms with Gasteiger partial charge >= 0.3 is 6.03 Å². The Morgan fingerprint density at radius 2 is 2.00 bits per heavy atom. The third kappa shape index (κ3) is 4.05. The number of carbonyl (C=O) groups excluding carboxylic acids is 1. The van der Waals surface area contributed by atoms with E-state index in [0.717, 1.165) is 11.3 Å². The van der Waals surface area contributed by atoms with Gasteiger partial charge in [0.1, 0.15) is 0 Å². The van der Waals surface area contributed by atoms with Gasteiger partial charge in [-0.15, -0.1) is 0 Å². The first kappa shape index (κ1) is 18.4. The number of rotatable bonds is 3. The van der Waals surface area contributed by atoms with Crippen LogP contribution >= 0.6 is 0 Å². The molecule has 2 aromatic rings. The number of urea groups is 1. The molecular formula is C17H23N5O3S. The van der Waals surface area contributed by atoms with Crippen molar-refractivity contribution >= 4 is 21.7 Å². The maximum absolute atomic E-state index is 12.7. The molecule has 26 heavy (non-hydrogen) atoms. The van der Waals surface area contributed by atoms with E-state index >= 15 is 0 Å². The van der Waals surface area contributed by atoms with Crippen LogP contribution in [-0.2, 0) is 17.1 Å². The normalized spacial score (nSPS) is 16.3. The average Bonchev–Trinajstić information content (AvgIpc) is 2.88. The van der Waals surface area contributed by atoms with Gasteiger partial charge in [-0.05, 0) is 31.0 Å². The number of nitrogens with zero attached hydrogens (tertiary/aromatic N) is 4. The number of aryl methyl sites for hydroxylation is 2. The zero-order chi connectivity index (χ0) is 18.7. The number of aromatic nitrogens is 2. The highest BCUT2D eigenvalue weighted by atomic mass is 32.2. The summed E-state index contributed by atoms with van der Waals surface area (Å²) >= 11 is 0. The van der Waals surface area contributed by atoms with Gasteiger partial charge in [0.2, 0.25) is 0 Å². The molecule has 1 N–H and O–H groups in total. The minimum absolute atomic E-state index is 0.0395. The molecule has 0 bridgehead atoms. The van der Waals surface area contributed by atoms with Gasteiger partial charge in [-0.1, -0.05) is 12.1 Å². The van der Waals surface area contributed by atoms with Gasteiger partial charge in [-0.3, -0.25) is 0 Å². The zero-order valence-electron chi connectivity index (χ0n) is 14.9. The number of carbonyl (C=O) groups is 1. The van der Waals surface area contributed by atoms with Crippen LogP contribution in [0.4, 0.5) is 10.5 Å². The van der Waals surface area contributed by atoms with Crippen molar-refractivity contribution in [2.75, 3.05) is 31.5 Å². The molecule has 1 aromatic heterocycles. The molecule has 0 radical (unpaired) electrons. The highest BCUT2D eigenvalue weighted by molar-refractivity contribution is 7.89. The summed E-state index contributed by atoms with van der Waals surface area (Å²) in [6, 6.07) is 7.36. The molecule has 1 fully saturated rings. The summed E-state index contributed by atoms with van der Waals surface area (Å²) in [4.78, 5) is 18.1. The van der Waals surface area contributed by atoms with E-state index in [-0.39, 0.29) is 17.6 Å². The lowest BCUT2D eigenvalue weighted by Crippen LogP contribution is -2.39. The predicted molar refractivity (Wildman–Crippen MR) is 98.4 cm³/mol. The summed E-state index contributed by atoms with van der Waals surface area (Å²) in [6.07, 6.45) is 3.53. The predicted octanol–water partition coefficient (Wildman–Crippen LogP) is 1.66. The van der Waals surface area contributed by atoms with E-state index in [1.54, 1.807) is 16.5 Å². The van der Waals surface area contributed by atoms with Crippen LogP contribution < -0.4 is 5.32 Å². The molecule has 2 heterocycles. The molecule has 0 unspecified atom stereocenters. The van der Waals surface area contributed by atoms with E-state index in [1.165, 1.54) is 16.8 Å². The number of benzene rings is 1. The Balaban J connectivity index is 1.65. The van der Waals surface area contributed by atoms with Gasteiger partial charge in [0.25, 0.3) is 10.0 Å². The first-order valence-corrected chi connectivity index (χ1v) is 9.91.